The maximum Gasteiger partial charge on any atom is 0.325 e. The van der Waals surface area contributed by atoms with Gasteiger partial charge in [-0.25, -0.2) is 18.7 Å². The number of alkyl halides is 2. The minimum atomic E-state index is -4.27. The lowest BCUT2D eigenvalue weighted by Crippen LogP contribution is -2.41. The summed E-state index contributed by atoms with van der Waals surface area (Å²) in [5.74, 6) is -2.23. The van der Waals surface area contributed by atoms with Crippen LogP contribution in [0.2, 0.25) is 0 Å². The molecular weight excluding hydrogens is 593 g/mol. The van der Waals surface area contributed by atoms with Crippen molar-refractivity contribution in [3.8, 4) is 0 Å². The van der Waals surface area contributed by atoms with Gasteiger partial charge in [-0.3, -0.25) is 14.3 Å². The van der Waals surface area contributed by atoms with E-state index in [9.17, 15) is 14.8 Å². The number of hydrogen-bond acceptors (Lipinski definition) is 15. The Bertz CT molecular complexity index is 1720. The van der Waals surface area contributed by atoms with Crippen molar-refractivity contribution >= 4 is 52.6 Å². The fourth-order valence-corrected chi connectivity index (χ4v) is 6.46. The number of aromatic nitrogens is 10. The lowest BCUT2D eigenvalue weighted by molar-refractivity contribution is -0.0897. The summed E-state index contributed by atoms with van der Waals surface area (Å²) in [4.78, 5) is 36.9. The van der Waals surface area contributed by atoms with Crippen molar-refractivity contribution in [2.75, 3.05) is 18.1 Å². The summed E-state index contributed by atoms with van der Waals surface area (Å²) < 4.78 is 50.6. The molecule has 0 spiro atoms. The first-order chi connectivity index (χ1) is 19.4. The van der Waals surface area contributed by atoms with E-state index in [4.69, 9.17) is 37.1 Å². The maximum atomic E-state index is 16.1. The highest BCUT2D eigenvalue weighted by atomic mass is 32.5. The van der Waals surface area contributed by atoms with Crippen LogP contribution < -0.4 is 17.0 Å². The Morgan fingerprint density at radius 3 is 2.73 bits per heavy atom. The van der Waals surface area contributed by atoms with E-state index < -0.39 is 67.7 Å². The standard InChI is InChI=1S/C19H23F2N12O6PS/c1-5-2-6-7(38-18(9(6)21)33-14-10(28-31-33)13(22)24-4-25-14)3-37-40(36,41)39-12(8(5)20)17(35)32-15-11(29-30-32)16(34)27-19(23)26-15/h4-9,12,17-18,35H,2-3H2,1H3,(H,36,41)(H2,22,24,25)(H3,23,26,27,34)/t5?,6?,7-,8-,9+,12-,17-,18-,40?/m1/s1. The highest BCUT2D eigenvalue weighted by Gasteiger charge is 2.51. The fraction of sp³-hybridized carbons (Fsp3) is 0.579. The van der Waals surface area contributed by atoms with Crippen molar-refractivity contribution in [3.05, 3.63) is 16.7 Å². The highest BCUT2D eigenvalue weighted by Crippen LogP contribution is 2.51. The molecule has 220 valence electrons. The zero-order chi connectivity index (χ0) is 29.2. The van der Waals surface area contributed by atoms with Crippen LogP contribution in [-0.4, -0.2) is 91.1 Å². The number of hydrogen-bond donors (Lipinski definition) is 5. The van der Waals surface area contributed by atoms with Gasteiger partial charge in [0.05, 0.1) is 12.7 Å². The lowest BCUT2D eigenvalue weighted by atomic mass is 9.85. The number of anilines is 2. The number of nitrogens with zero attached hydrogens (tertiary/aromatic N) is 9. The number of nitrogen functional groups attached to an aromatic ring is 2. The molecule has 0 bridgehead atoms. The minimum Gasteiger partial charge on any atom is -0.382 e. The normalized spacial score (nSPS) is 33.6. The maximum absolute atomic E-state index is 16.1. The smallest absolute Gasteiger partial charge is 0.325 e. The SMILES string of the molecule is CC1CC2[C@@H](COP(O)(=S)O[C@@H]([C@@H](O)n3nnc4c(=O)[nH]c(N)nc43)[C@@H]1F)O[C@@H](n1nnc3c(N)ncnc31)[C@H]2F. The second-order valence-corrected chi connectivity index (χ2v) is 12.5. The van der Waals surface area contributed by atoms with Crippen LogP contribution in [0.1, 0.15) is 25.8 Å². The molecular formula is C19H23F2N12O6PS. The van der Waals surface area contributed by atoms with Crippen LogP contribution in [-0.2, 0) is 25.6 Å². The molecule has 41 heavy (non-hydrogen) atoms. The van der Waals surface area contributed by atoms with E-state index in [1.807, 2.05) is 0 Å². The molecule has 9 atom stereocenters. The molecule has 0 amide bonds. The number of fused-ring (bicyclic) bond motifs is 3. The van der Waals surface area contributed by atoms with Crippen molar-refractivity contribution in [1.29, 1.82) is 0 Å². The van der Waals surface area contributed by atoms with Gasteiger partial charge in [-0.05, 0) is 24.1 Å². The zero-order valence-electron chi connectivity index (χ0n) is 20.9. The van der Waals surface area contributed by atoms with Gasteiger partial charge in [-0.15, -0.1) is 10.2 Å². The molecule has 2 aliphatic heterocycles. The summed E-state index contributed by atoms with van der Waals surface area (Å²) in [6.45, 7) is -3.23. The fourth-order valence-electron chi connectivity index (χ4n) is 5.05. The monoisotopic (exact) mass is 616 g/mol. The number of rotatable bonds is 3. The van der Waals surface area contributed by atoms with E-state index >= 15 is 8.78 Å². The van der Waals surface area contributed by atoms with Crippen molar-refractivity contribution in [2.45, 2.75) is 50.4 Å². The van der Waals surface area contributed by atoms with Crippen molar-refractivity contribution in [3.63, 3.8) is 0 Å². The Morgan fingerprint density at radius 1 is 1.20 bits per heavy atom. The first kappa shape index (κ1) is 27.8. The molecule has 0 saturated carbocycles. The molecule has 2 aliphatic rings. The summed E-state index contributed by atoms with van der Waals surface area (Å²) in [6.07, 6.45) is -8.99. The molecule has 2 saturated heterocycles. The lowest BCUT2D eigenvalue weighted by Gasteiger charge is -2.35. The van der Waals surface area contributed by atoms with Crippen LogP contribution in [0.4, 0.5) is 20.5 Å². The van der Waals surface area contributed by atoms with Gasteiger partial charge < -0.3 is 30.7 Å². The quantitative estimate of drug-likeness (QED) is 0.178. The number of aliphatic hydroxyl groups is 1. The number of nitrogens with one attached hydrogen (secondary N) is 1. The van der Waals surface area contributed by atoms with Gasteiger partial charge in [-0.2, -0.15) is 14.3 Å². The Hall–Kier alpha value is -3.33. The molecule has 0 aliphatic carbocycles. The van der Waals surface area contributed by atoms with Crippen LogP contribution >= 0.6 is 6.72 Å². The second kappa shape index (κ2) is 10.2. The third kappa shape index (κ3) is 4.82. The zero-order valence-corrected chi connectivity index (χ0v) is 22.6. The van der Waals surface area contributed by atoms with Crippen molar-refractivity contribution in [1.82, 2.24) is 49.9 Å². The largest absolute Gasteiger partial charge is 0.382 e. The van der Waals surface area contributed by atoms with Gasteiger partial charge in [0.25, 0.3) is 5.56 Å². The third-order valence-electron chi connectivity index (χ3n) is 7.06. The van der Waals surface area contributed by atoms with E-state index in [1.54, 1.807) is 0 Å². The molecule has 6 rings (SSSR count). The average molecular weight is 617 g/mol. The number of nitrogens with two attached hydrogens (primary N) is 2. The van der Waals surface area contributed by atoms with E-state index in [1.165, 1.54) is 13.3 Å². The third-order valence-corrected chi connectivity index (χ3v) is 8.62. The van der Waals surface area contributed by atoms with Gasteiger partial charge in [0.15, 0.2) is 46.8 Å². The minimum absolute atomic E-state index is 0.0382. The van der Waals surface area contributed by atoms with Crippen LogP contribution in [0.25, 0.3) is 22.3 Å². The van der Waals surface area contributed by atoms with Gasteiger partial charge >= 0.3 is 6.72 Å². The van der Waals surface area contributed by atoms with E-state index in [0.717, 1.165) is 4.68 Å². The Kier molecular flexibility index (Phi) is 6.91. The number of H-pyrrole nitrogens is 1. The average Bonchev–Trinajstić information content (AvgIpc) is 3.62. The first-order valence-corrected chi connectivity index (χ1v) is 14.7. The number of aromatic amines is 1. The van der Waals surface area contributed by atoms with Gasteiger partial charge in [0, 0.05) is 5.92 Å². The predicted molar refractivity (Wildman–Crippen MR) is 137 cm³/mol. The van der Waals surface area contributed by atoms with Gasteiger partial charge in [-0.1, -0.05) is 17.4 Å². The Labute approximate surface area is 232 Å². The molecule has 2 fully saturated rings. The van der Waals surface area contributed by atoms with Crippen LogP contribution in [0, 0.1) is 11.8 Å². The van der Waals surface area contributed by atoms with Gasteiger partial charge in [0.2, 0.25) is 5.95 Å². The highest BCUT2D eigenvalue weighted by molar-refractivity contribution is 8.07. The number of ether oxygens (including phenoxy) is 1. The second-order valence-electron chi connectivity index (χ2n) is 9.70. The Balaban J connectivity index is 1.31. The molecule has 3 unspecified atom stereocenters. The van der Waals surface area contributed by atoms with Gasteiger partial charge in [0.1, 0.15) is 18.6 Å². The van der Waals surface area contributed by atoms with Crippen molar-refractivity contribution in [2.24, 2.45) is 11.8 Å². The predicted octanol–water partition coefficient (Wildman–Crippen LogP) is -0.747. The molecule has 4 aromatic heterocycles. The molecule has 18 nitrogen and oxygen atoms in total. The Morgan fingerprint density at radius 2 is 1.95 bits per heavy atom. The van der Waals surface area contributed by atoms with E-state index in [0.29, 0.717) is 4.68 Å². The molecule has 7 N–H and O–H groups in total. The molecule has 0 aromatic carbocycles. The van der Waals surface area contributed by atoms with Crippen LogP contribution in [0.5, 0.6) is 0 Å². The van der Waals surface area contributed by atoms with Crippen molar-refractivity contribution < 1.29 is 32.6 Å². The summed E-state index contributed by atoms with van der Waals surface area (Å²) in [5, 5.41) is 26.3. The summed E-state index contributed by atoms with van der Waals surface area (Å²) in [7, 11) is 0. The molecule has 0 radical (unpaired) electrons. The molecule has 4 aromatic rings. The van der Waals surface area contributed by atoms with E-state index in [-0.39, 0.29) is 40.5 Å². The summed E-state index contributed by atoms with van der Waals surface area (Å²) in [5.41, 5.74) is 10.4. The molecule has 6 heterocycles. The summed E-state index contributed by atoms with van der Waals surface area (Å²) >= 11 is 5.08. The van der Waals surface area contributed by atoms with Crippen LogP contribution in [0.15, 0.2) is 11.1 Å². The number of halogens is 2. The van der Waals surface area contributed by atoms with Crippen LogP contribution in [0.3, 0.4) is 0 Å². The topological polar surface area (TPSA) is 253 Å². The summed E-state index contributed by atoms with van der Waals surface area (Å²) in [6, 6.07) is 0. The van der Waals surface area contributed by atoms with E-state index in [2.05, 4.69) is 40.6 Å². The number of aliphatic hydroxyl groups excluding tert-OH is 1. The molecule has 22 heteroatoms. The first-order valence-electron chi connectivity index (χ1n) is 12.1.